The summed E-state index contributed by atoms with van der Waals surface area (Å²) in [6.45, 7) is 1.48. The highest BCUT2D eigenvalue weighted by Gasteiger charge is 2.38. The van der Waals surface area contributed by atoms with Crippen molar-refractivity contribution in [1.82, 2.24) is 10.4 Å². The van der Waals surface area contributed by atoms with Gasteiger partial charge in [-0.1, -0.05) is 12.1 Å². The van der Waals surface area contributed by atoms with E-state index in [2.05, 4.69) is 5.32 Å². The number of carbonyl (C=O) groups is 3. The highest BCUT2D eigenvalue weighted by Crippen LogP contribution is 2.27. The molecule has 3 rings (SSSR count). The molecular formula is C16H18N2O4. The lowest BCUT2D eigenvalue weighted by atomic mass is 9.93. The predicted molar refractivity (Wildman–Crippen MR) is 77.9 cm³/mol. The Bertz CT molecular complexity index is 593. The molecule has 0 unspecified atom stereocenters. The van der Waals surface area contributed by atoms with Crippen molar-refractivity contribution < 1.29 is 19.2 Å². The highest BCUT2D eigenvalue weighted by atomic mass is 16.7. The van der Waals surface area contributed by atoms with Gasteiger partial charge in [0.1, 0.15) is 0 Å². The minimum Gasteiger partial charge on any atom is -0.354 e. The van der Waals surface area contributed by atoms with Crippen LogP contribution in [0.3, 0.4) is 0 Å². The number of hydroxylamine groups is 2. The van der Waals surface area contributed by atoms with E-state index in [0.717, 1.165) is 24.3 Å². The molecule has 1 fully saturated rings. The maximum atomic E-state index is 12.3. The van der Waals surface area contributed by atoms with Crippen molar-refractivity contribution in [2.45, 2.75) is 44.8 Å². The van der Waals surface area contributed by atoms with Crippen molar-refractivity contribution in [2.75, 3.05) is 0 Å². The summed E-state index contributed by atoms with van der Waals surface area (Å²) in [5, 5.41) is 3.74. The van der Waals surface area contributed by atoms with Crippen LogP contribution in [0.25, 0.3) is 0 Å². The number of hydrogen-bond donors (Lipinski definition) is 1. The van der Waals surface area contributed by atoms with Gasteiger partial charge in [0.25, 0.3) is 11.8 Å². The number of amides is 3. The van der Waals surface area contributed by atoms with Crippen molar-refractivity contribution in [2.24, 2.45) is 0 Å². The van der Waals surface area contributed by atoms with E-state index >= 15 is 0 Å². The molecule has 1 N–H and O–H groups in total. The first-order chi connectivity index (χ1) is 10.6. The third kappa shape index (κ3) is 2.74. The van der Waals surface area contributed by atoms with Gasteiger partial charge in [-0.05, 0) is 37.8 Å². The van der Waals surface area contributed by atoms with E-state index in [0.29, 0.717) is 17.5 Å². The molecule has 6 nitrogen and oxygen atoms in total. The largest absolute Gasteiger partial charge is 0.354 e. The van der Waals surface area contributed by atoms with Crippen molar-refractivity contribution in [3.63, 3.8) is 0 Å². The monoisotopic (exact) mass is 302 g/mol. The number of nitrogens with one attached hydrogen (secondary N) is 1. The molecule has 1 aliphatic carbocycles. The Hall–Kier alpha value is -2.21. The summed E-state index contributed by atoms with van der Waals surface area (Å²) in [4.78, 5) is 41.3. The molecular weight excluding hydrogens is 284 g/mol. The minimum atomic E-state index is -0.415. The third-order valence-electron chi connectivity index (χ3n) is 4.04. The Morgan fingerprint density at radius 2 is 1.82 bits per heavy atom. The van der Waals surface area contributed by atoms with Crippen LogP contribution in [-0.2, 0) is 9.63 Å². The zero-order chi connectivity index (χ0) is 15.7. The topological polar surface area (TPSA) is 75.7 Å². The average molecular weight is 302 g/mol. The quantitative estimate of drug-likeness (QED) is 0.862. The number of nitrogens with zero attached hydrogens (tertiary/aromatic N) is 1. The fraction of sp³-hybridized carbons (Fsp3) is 0.438. The zero-order valence-electron chi connectivity index (χ0n) is 12.4. The smallest absolute Gasteiger partial charge is 0.285 e. The van der Waals surface area contributed by atoms with Gasteiger partial charge in [-0.3, -0.25) is 19.2 Å². The van der Waals surface area contributed by atoms with Crippen LogP contribution in [0.4, 0.5) is 0 Å². The van der Waals surface area contributed by atoms with Gasteiger partial charge in [-0.2, -0.15) is 0 Å². The van der Waals surface area contributed by atoms with Crippen LogP contribution in [-0.4, -0.2) is 34.9 Å². The molecule has 22 heavy (non-hydrogen) atoms. The molecule has 116 valence electrons. The Balaban J connectivity index is 1.68. The zero-order valence-corrected chi connectivity index (χ0v) is 12.4. The third-order valence-corrected chi connectivity index (χ3v) is 4.04. The van der Waals surface area contributed by atoms with Crippen LogP contribution in [0.5, 0.6) is 0 Å². The van der Waals surface area contributed by atoms with Gasteiger partial charge < -0.3 is 5.32 Å². The van der Waals surface area contributed by atoms with Crippen LogP contribution < -0.4 is 5.32 Å². The van der Waals surface area contributed by atoms with E-state index < -0.39 is 11.8 Å². The molecule has 1 aliphatic heterocycles. The molecule has 2 aliphatic rings. The molecule has 0 bridgehead atoms. The fourth-order valence-corrected chi connectivity index (χ4v) is 3.07. The van der Waals surface area contributed by atoms with Gasteiger partial charge >= 0.3 is 0 Å². The molecule has 0 aromatic heterocycles. The van der Waals surface area contributed by atoms with E-state index in [1.807, 2.05) is 0 Å². The molecule has 1 saturated carbocycles. The van der Waals surface area contributed by atoms with Crippen molar-refractivity contribution in [3.05, 3.63) is 35.4 Å². The normalized spacial score (nSPS) is 24.3. The molecule has 2 atom stereocenters. The first-order valence-corrected chi connectivity index (χ1v) is 7.48. The Kier molecular flexibility index (Phi) is 3.94. The number of hydrogen-bond acceptors (Lipinski definition) is 4. The van der Waals surface area contributed by atoms with Crippen molar-refractivity contribution in [1.29, 1.82) is 0 Å². The van der Waals surface area contributed by atoms with Crippen molar-refractivity contribution >= 4 is 17.7 Å². The number of fused-ring (bicyclic) bond motifs is 1. The number of carbonyl (C=O) groups excluding carboxylic acids is 3. The second-order valence-electron chi connectivity index (χ2n) is 5.74. The van der Waals surface area contributed by atoms with Gasteiger partial charge in [-0.25, -0.2) is 0 Å². The van der Waals surface area contributed by atoms with Crippen LogP contribution in [0, 0.1) is 0 Å². The summed E-state index contributed by atoms with van der Waals surface area (Å²) in [7, 11) is 0. The molecule has 6 heteroatoms. The van der Waals surface area contributed by atoms with E-state index in [4.69, 9.17) is 4.84 Å². The van der Waals surface area contributed by atoms with E-state index in [9.17, 15) is 14.4 Å². The Labute approximate surface area is 128 Å². The maximum Gasteiger partial charge on any atom is 0.285 e. The first kappa shape index (κ1) is 14.7. The highest BCUT2D eigenvalue weighted by molar-refractivity contribution is 6.20. The average Bonchev–Trinajstić information content (AvgIpc) is 2.73. The summed E-state index contributed by atoms with van der Waals surface area (Å²) < 4.78 is 0. The molecule has 3 amide bonds. The molecule has 1 heterocycles. The lowest BCUT2D eigenvalue weighted by Gasteiger charge is -2.30. The van der Waals surface area contributed by atoms with E-state index in [1.165, 1.54) is 6.92 Å². The van der Waals surface area contributed by atoms with Gasteiger partial charge in [0.2, 0.25) is 5.91 Å². The summed E-state index contributed by atoms with van der Waals surface area (Å²) in [5.74, 6) is -0.907. The predicted octanol–water partition coefficient (Wildman–Crippen LogP) is 1.66. The van der Waals surface area contributed by atoms with Gasteiger partial charge in [0, 0.05) is 13.0 Å². The second-order valence-corrected chi connectivity index (χ2v) is 5.74. The number of imide groups is 1. The number of benzene rings is 1. The van der Waals surface area contributed by atoms with Crippen LogP contribution >= 0.6 is 0 Å². The SMILES string of the molecule is CC(=O)N[C@H]1CCC[C@H](ON2C(=O)c3ccccc3C2=O)C1. The Morgan fingerprint density at radius 3 is 2.41 bits per heavy atom. The molecule has 0 radical (unpaired) electrons. The standard InChI is InChI=1S/C16H18N2O4/c1-10(19)17-11-5-4-6-12(9-11)22-18-15(20)13-7-2-3-8-14(13)16(18)21/h2-3,7-8,11-12H,4-6,9H2,1H3,(H,17,19)/t11-,12-/m0/s1. The van der Waals surface area contributed by atoms with Gasteiger partial charge in [0.15, 0.2) is 0 Å². The summed E-state index contributed by atoms with van der Waals surface area (Å²) in [6, 6.07) is 6.73. The van der Waals surface area contributed by atoms with Gasteiger partial charge in [0.05, 0.1) is 17.2 Å². The lowest BCUT2D eigenvalue weighted by molar-refractivity contribution is -0.144. The van der Waals surface area contributed by atoms with E-state index in [-0.39, 0.29) is 18.1 Å². The molecule has 1 aromatic carbocycles. The number of rotatable bonds is 3. The van der Waals surface area contributed by atoms with Crippen LogP contribution in [0.15, 0.2) is 24.3 Å². The Morgan fingerprint density at radius 1 is 1.18 bits per heavy atom. The molecule has 0 spiro atoms. The van der Waals surface area contributed by atoms with Crippen molar-refractivity contribution in [3.8, 4) is 0 Å². The van der Waals surface area contributed by atoms with Gasteiger partial charge in [-0.15, -0.1) is 5.06 Å². The summed E-state index contributed by atoms with van der Waals surface area (Å²) in [6.07, 6.45) is 2.91. The second kappa shape index (κ2) is 5.88. The van der Waals surface area contributed by atoms with E-state index in [1.54, 1.807) is 24.3 Å². The lowest BCUT2D eigenvalue weighted by Crippen LogP contribution is -2.42. The molecule has 0 saturated heterocycles. The molecule has 1 aromatic rings. The van der Waals surface area contributed by atoms with Crippen LogP contribution in [0.2, 0.25) is 0 Å². The minimum absolute atomic E-state index is 0.0337. The van der Waals surface area contributed by atoms with Crippen LogP contribution in [0.1, 0.15) is 53.3 Å². The fourth-order valence-electron chi connectivity index (χ4n) is 3.07. The first-order valence-electron chi connectivity index (χ1n) is 7.48. The summed E-state index contributed by atoms with van der Waals surface area (Å²) >= 11 is 0. The summed E-state index contributed by atoms with van der Waals surface area (Å²) in [5.41, 5.74) is 0.753. The maximum absolute atomic E-state index is 12.3.